The van der Waals surface area contributed by atoms with Crippen LogP contribution in [0.15, 0.2) is 48.7 Å². The van der Waals surface area contributed by atoms with E-state index in [0.717, 1.165) is 24.5 Å². The maximum Gasteiger partial charge on any atom is 0.168 e. The van der Waals surface area contributed by atoms with Gasteiger partial charge in [-0.25, -0.2) is 0 Å². The van der Waals surface area contributed by atoms with Gasteiger partial charge in [0.2, 0.25) is 0 Å². The summed E-state index contributed by atoms with van der Waals surface area (Å²) < 4.78 is 17.8. The van der Waals surface area contributed by atoms with Gasteiger partial charge in [-0.15, -0.1) is 0 Å². The van der Waals surface area contributed by atoms with E-state index in [0.29, 0.717) is 19.0 Å². The van der Waals surface area contributed by atoms with Crippen molar-refractivity contribution in [1.29, 1.82) is 0 Å². The molecule has 0 saturated carbocycles. The molecule has 3 rings (SSSR count). The van der Waals surface area contributed by atoms with Crippen molar-refractivity contribution < 1.29 is 14.2 Å². The summed E-state index contributed by atoms with van der Waals surface area (Å²) in [5.41, 5.74) is 0.854. The number of ether oxygens (including phenoxy) is 3. The number of benzene rings is 1. The first-order valence-electron chi connectivity index (χ1n) is 8.00. The number of morpholine rings is 1. The Bertz CT molecular complexity index is 600. The monoisotopic (exact) mass is 314 g/mol. The molecule has 1 aliphatic rings. The molecular weight excluding hydrogens is 292 g/mol. The zero-order chi connectivity index (χ0) is 15.9. The van der Waals surface area contributed by atoms with E-state index in [9.17, 15) is 0 Å². The van der Waals surface area contributed by atoms with Crippen molar-refractivity contribution in [2.45, 2.75) is 19.1 Å². The molecule has 0 amide bonds. The predicted octanol–water partition coefficient (Wildman–Crippen LogP) is 2.59. The van der Waals surface area contributed by atoms with Crippen LogP contribution in [-0.2, 0) is 4.74 Å². The van der Waals surface area contributed by atoms with Crippen molar-refractivity contribution in [3.05, 3.63) is 54.4 Å². The molecule has 0 bridgehead atoms. The maximum absolute atomic E-state index is 6.27. The molecule has 0 aliphatic carbocycles. The van der Waals surface area contributed by atoms with Crippen LogP contribution < -0.4 is 14.8 Å². The Morgan fingerprint density at radius 3 is 2.74 bits per heavy atom. The SMILES string of the molecule is CCOc1ccccc1O[C@H](c1ccccn1)[C@@H]1CNCCO1. The second-order valence-electron chi connectivity index (χ2n) is 5.29. The summed E-state index contributed by atoms with van der Waals surface area (Å²) in [4.78, 5) is 4.45. The van der Waals surface area contributed by atoms with E-state index in [1.165, 1.54) is 0 Å². The molecule has 2 heterocycles. The maximum atomic E-state index is 6.27. The average molecular weight is 314 g/mol. The fraction of sp³-hybridized carbons (Fsp3) is 0.389. The van der Waals surface area contributed by atoms with Gasteiger partial charge in [0.05, 0.1) is 18.9 Å². The van der Waals surface area contributed by atoms with E-state index < -0.39 is 0 Å². The van der Waals surface area contributed by atoms with Gasteiger partial charge in [-0.3, -0.25) is 4.98 Å². The molecule has 1 aromatic heterocycles. The number of para-hydroxylation sites is 2. The van der Waals surface area contributed by atoms with Crippen LogP contribution in [-0.4, -0.2) is 37.4 Å². The molecular formula is C18H22N2O3. The van der Waals surface area contributed by atoms with Crippen molar-refractivity contribution in [2.24, 2.45) is 0 Å². The third kappa shape index (κ3) is 4.00. The van der Waals surface area contributed by atoms with Crippen LogP contribution in [0.2, 0.25) is 0 Å². The van der Waals surface area contributed by atoms with E-state index in [1.807, 2.05) is 49.4 Å². The molecule has 1 N–H and O–H groups in total. The van der Waals surface area contributed by atoms with Gasteiger partial charge >= 0.3 is 0 Å². The summed E-state index contributed by atoms with van der Waals surface area (Å²) >= 11 is 0. The van der Waals surface area contributed by atoms with Crippen LogP contribution >= 0.6 is 0 Å². The molecule has 1 aliphatic heterocycles. The summed E-state index contributed by atoms with van der Waals surface area (Å²) in [5, 5.41) is 3.35. The van der Waals surface area contributed by atoms with Crippen molar-refractivity contribution in [2.75, 3.05) is 26.3 Å². The Hall–Kier alpha value is -2.11. The van der Waals surface area contributed by atoms with Gasteiger partial charge in [0.25, 0.3) is 0 Å². The normalized spacial score (nSPS) is 19.1. The third-order valence-corrected chi connectivity index (χ3v) is 3.68. The summed E-state index contributed by atoms with van der Waals surface area (Å²) in [6, 6.07) is 13.5. The van der Waals surface area contributed by atoms with E-state index in [2.05, 4.69) is 10.3 Å². The fourth-order valence-corrected chi connectivity index (χ4v) is 2.61. The second-order valence-corrected chi connectivity index (χ2v) is 5.29. The van der Waals surface area contributed by atoms with Crippen molar-refractivity contribution in [1.82, 2.24) is 10.3 Å². The molecule has 2 aromatic rings. The number of hydrogen-bond acceptors (Lipinski definition) is 5. The molecule has 1 fully saturated rings. The Labute approximate surface area is 136 Å². The lowest BCUT2D eigenvalue weighted by atomic mass is 10.1. The van der Waals surface area contributed by atoms with Gasteiger partial charge in [0, 0.05) is 19.3 Å². The molecule has 2 atom stereocenters. The van der Waals surface area contributed by atoms with Gasteiger partial charge < -0.3 is 19.5 Å². The minimum absolute atomic E-state index is 0.0895. The van der Waals surface area contributed by atoms with Crippen LogP contribution in [0.4, 0.5) is 0 Å². The van der Waals surface area contributed by atoms with Crippen LogP contribution in [0.25, 0.3) is 0 Å². The molecule has 122 valence electrons. The molecule has 0 unspecified atom stereocenters. The summed E-state index contributed by atoms with van der Waals surface area (Å²) in [5.74, 6) is 1.44. The van der Waals surface area contributed by atoms with Gasteiger partial charge in [-0.2, -0.15) is 0 Å². The van der Waals surface area contributed by atoms with Crippen LogP contribution in [0.5, 0.6) is 11.5 Å². The standard InChI is InChI=1S/C18H22N2O3/c1-2-21-15-8-3-4-9-16(15)23-18(14-7-5-6-10-20-14)17-13-19-11-12-22-17/h3-10,17-19H,2,11-13H2,1H3/t17-,18+/m0/s1. The topological polar surface area (TPSA) is 52.6 Å². The predicted molar refractivity (Wildman–Crippen MR) is 87.8 cm³/mol. The van der Waals surface area contributed by atoms with Gasteiger partial charge in [-0.1, -0.05) is 18.2 Å². The largest absolute Gasteiger partial charge is 0.490 e. The lowest BCUT2D eigenvalue weighted by Crippen LogP contribution is -2.43. The third-order valence-electron chi connectivity index (χ3n) is 3.68. The van der Waals surface area contributed by atoms with Crippen molar-refractivity contribution in [3.63, 3.8) is 0 Å². The highest BCUT2D eigenvalue weighted by atomic mass is 16.6. The van der Waals surface area contributed by atoms with E-state index >= 15 is 0 Å². The Kier molecular flexibility index (Phi) is 5.45. The van der Waals surface area contributed by atoms with Gasteiger partial charge in [0.1, 0.15) is 6.10 Å². The smallest absolute Gasteiger partial charge is 0.168 e. The van der Waals surface area contributed by atoms with E-state index in [-0.39, 0.29) is 12.2 Å². The molecule has 5 heteroatoms. The molecule has 1 aromatic carbocycles. The molecule has 5 nitrogen and oxygen atoms in total. The highest BCUT2D eigenvalue weighted by Crippen LogP contribution is 2.33. The van der Waals surface area contributed by atoms with Crippen LogP contribution in [0.3, 0.4) is 0 Å². The number of nitrogens with one attached hydrogen (secondary N) is 1. The quantitative estimate of drug-likeness (QED) is 0.888. The van der Waals surface area contributed by atoms with E-state index in [1.54, 1.807) is 6.20 Å². The number of rotatable bonds is 6. The Morgan fingerprint density at radius 1 is 1.22 bits per heavy atom. The minimum Gasteiger partial charge on any atom is -0.490 e. The first-order chi connectivity index (χ1) is 11.4. The zero-order valence-corrected chi connectivity index (χ0v) is 13.3. The summed E-state index contributed by atoms with van der Waals surface area (Å²) in [7, 11) is 0. The zero-order valence-electron chi connectivity index (χ0n) is 13.3. The second kappa shape index (κ2) is 7.94. The first kappa shape index (κ1) is 15.8. The fourth-order valence-electron chi connectivity index (χ4n) is 2.61. The van der Waals surface area contributed by atoms with Crippen LogP contribution in [0.1, 0.15) is 18.7 Å². The molecule has 23 heavy (non-hydrogen) atoms. The molecule has 1 saturated heterocycles. The summed E-state index contributed by atoms with van der Waals surface area (Å²) in [6.07, 6.45) is 1.40. The highest BCUT2D eigenvalue weighted by molar-refractivity contribution is 5.40. The van der Waals surface area contributed by atoms with Gasteiger partial charge in [0.15, 0.2) is 17.6 Å². The minimum atomic E-state index is -0.286. The molecule has 0 radical (unpaired) electrons. The Balaban J connectivity index is 1.86. The highest BCUT2D eigenvalue weighted by Gasteiger charge is 2.29. The lowest BCUT2D eigenvalue weighted by molar-refractivity contribution is -0.0453. The van der Waals surface area contributed by atoms with Crippen molar-refractivity contribution >= 4 is 0 Å². The van der Waals surface area contributed by atoms with Crippen molar-refractivity contribution in [3.8, 4) is 11.5 Å². The number of aromatic nitrogens is 1. The summed E-state index contributed by atoms with van der Waals surface area (Å²) in [6.45, 7) is 4.82. The first-order valence-corrected chi connectivity index (χ1v) is 8.00. The van der Waals surface area contributed by atoms with E-state index in [4.69, 9.17) is 14.2 Å². The average Bonchev–Trinajstić information content (AvgIpc) is 2.63. The van der Waals surface area contributed by atoms with Gasteiger partial charge in [-0.05, 0) is 31.2 Å². The number of hydrogen-bond donors (Lipinski definition) is 1. The Morgan fingerprint density at radius 2 is 2.04 bits per heavy atom. The lowest BCUT2D eigenvalue weighted by Gasteiger charge is -2.31. The number of pyridine rings is 1. The number of nitrogens with zero attached hydrogens (tertiary/aromatic N) is 1. The molecule has 0 spiro atoms. The van der Waals surface area contributed by atoms with Crippen LogP contribution in [0, 0.1) is 0 Å².